The molecule has 1 heterocycles. The normalized spacial score (nSPS) is 20.4. The number of aliphatic carboxylic acids is 1. The molecule has 7 heteroatoms. The van der Waals surface area contributed by atoms with Crippen molar-refractivity contribution in [3.05, 3.63) is 0 Å². The molecule has 2 amide bonds. The Morgan fingerprint density at radius 2 is 1.94 bits per heavy atom. The summed E-state index contributed by atoms with van der Waals surface area (Å²) in [5.41, 5.74) is -2.04. The summed E-state index contributed by atoms with van der Waals surface area (Å²) in [6.07, 6.45) is 0. The van der Waals surface area contributed by atoms with Gasteiger partial charge in [-0.25, -0.2) is 0 Å². The van der Waals surface area contributed by atoms with Crippen LogP contribution in [0, 0.1) is 5.41 Å². The molecule has 0 aliphatic carbocycles. The molecule has 1 unspecified atom stereocenters. The fourth-order valence-corrected chi connectivity index (χ4v) is 2.12. The summed E-state index contributed by atoms with van der Waals surface area (Å²) in [7, 11) is 0. The van der Waals surface area contributed by atoms with Gasteiger partial charge in [0, 0.05) is 5.75 Å². The number of hydrogen-bond acceptors (Lipinski definition) is 4. The third-order valence-electron chi connectivity index (χ3n) is 3.52. The SMILES string of the molecule is CC(C)(NC(=O)C1CSC(=O)N1)C(C)(C)C(=O)O. The second kappa shape index (κ2) is 4.79. The molecule has 1 aliphatic rings. The monoisotopic (exact) mass is 274 g/mol. The van der Waals surface area contributed by atoms with Gasteiger partial charge in [0.15, 0.2) is 0 Å². The molecule has 0 aromatic rings. The van der Waals surface area contributed by atoms with Crippen molar-refractivity contribution in [2.45, 2.75) is 39.3 Å². The highest BCUT2D eigenvalue weighted by Crippen LogP contribution is 2.31. The molecule has 6 nitrogen and oxygen atoms in total. The van der Waals surface area contributed by atoms with Crippen molar-refractivity contribution < 1.29 is 19.5 Å². The van der Waals surface area contributed by atoms with E-state index in [1.165, 1.54) is 0 Å². The number of rotatable bonds is 4. The van der Waals surface area contributed by atoms with E-state index in [-0.39, 0.29) is 11.1 Å². The Morgan fingerprint density at radius 1 is 1.39 bits per heavy atom. The minimum absolute atomic E-state index is 0.231. The summed E-state index contributed by atoms with van der Waals surface area (Å²) in [4.78, 5) is 34.1. The van der Waals surface area contributed by atoms with Crippen LogP contribution in [0.15, 0.2) is 0 Å². The van der Waals surface area contributed by atoms with Crippen molar-refractivity contribution >= 4 is 28.9 Å². The summed E-state index contributed by atoms with van der Waals surface area (Å²) in [6.45, 7) is 6.42. The molecular formula is C11H18N2O4S. The second-order valence-electron chi connectivity index (χ2n) is 5.34. The molecule has 0 bridgehead atoms. The van der Waals surface area contributed by atoms with Crippen molar-refractivity contribution in [2.24, 2.45) is 5.41 Å². The Bertz CT molecular complexity index is 393. The maximum absolute atomic E-state index is 11.9. The molecule has 1 fully saturated rings. The van der Waals surface area contributed by atoms with Crippen LogP contribution >= 0.6 is 11.8 Å². The Kier molecular flexibility index (Phi) is 3.95. The molecule has 0 spiro atoms. The van der Waals surface area contributed by atoms with Crippen LogP contribution < -0.4 is 10.6 Å². The van der Waals surface area contributed by atoms with Crippen molar-refractivity contribution in [1.82, 2.24) is 10.6 Å². The zero-order chi connectivity index (χ0) is 14.1. The largest absolute Gasteiger partial charge is 0.481 e. The van der Waals surface area contributed by atoms with Crippen molar-refractivity contribution in [3.63, 3.8) is 0 Å². The van der Waals surface area contributed by atoms with Crippen LogP contribution in [-0.4, -0.2) is 39.6 Å². The molecular weight excluding hydrogens is 256 g/mol. The van der Waals surface area contributed by atoms with E-state index in [0.29, 0.717) is 5.75 Å². The molecule has 0 radical (unpaired) electrons. The lowest BCUT2D eigenvalue weighted by Crippen LogP contribution is -2.60. The fourth-order valence-electron chi connectivity index (χ4n) is 1.34. The van der Waals surface area contributed by atoms with E-state index in [9.17, 15) is 19.5 Å². The summed E-state index contributed by atoms with van der Waals surface area (Å²) in [6, 6.07) is -0.591. The molecule has 1 atom stereocenters. The van der Waals surface area contributed by atoms with Gasteiger partial charge in [0.1, 0.15) is 6.04 Å². The maximum Gasteiger partial charge on any atom is 0.311 e. The second-order valence-corrected chi connectivity index (χ2v) is 6.33. The van der Waals surface area contributed by atoms with Crippen LogP contribution in [0.1, 0.15) is 27.7 Å². The van der Waals surface area contributed by atoms with Crippen LogP contribution in [0.3, 0.4) is 0 Å². The standard InChI is InChI=1S/C11H18N2O4S/c1-10(2,8(15)16)11(3,4)13-7(14)6-5-18-9(17)12-6/h6H,5H2,1-4H3,(H,12,17)(H,13,14)(H,15,16). The molecule has 3 N–H and O–H groups in total. The zero-order valence-electron chi connectivity index (χ0n) is 10.9. The van der Waals surface area contributed by atoms with E-state index in [4.69, 9.17) is 0 Å². The molecule has 18 heavy (non-hydrogen) atoms. The number of amides is 2. The van der Waals surface area contributed by atoms with Gasteiger partial charge in [-0.05, 0) is 27.7 Å². The van der Waals surface area contributed by atoms with Gasteiger partial charge in [-0.3, -0.25) is 14.4 Å². The smallest absolute Gasteiger partial charge is 0.311 e. The number of carboxylic acid groups (broad SMARTS) is 1. The minimum Gasteiger partial charge on any atom is -0.481 e. The lowest BCUT2D eigenvalue weighted by atomic mass is 9.74. The first-order valence-corrected chi connectivity index (χ1v) is 6.55. The first-order valence-electron chi connectivity index (χ1n) is 5.56. The van der Waals surface area contributed by atoms with Crippen LogP contribution in [0.5, 0.6) is 0 Å². The third kappa shape index (κ3) is 2.77. The molecule has 0 saturated carbocycles. The van der Waals surface area contributed by atoms with E-state index >= 15 is 0 Å². The van der Waals surface area contributed by atoms with Crippen molar-refractivity contribution in [1.29, 1.82) is 0 Å². The van der Waals surface area contributed by atoms with Gasteiger partial charge < -0.3 is 15.7 Å². The van der Waals surface area contributed by atoms with Gasteiger partial charge in [-0.15, -0.1) is 0 Å². The number of thioether (sulfide) groups is 1. The van der Waals surface area contributed by atoms with E-state index in [2.05, 4.69) is 10.6 Å². The predicted octanol–water partition coefficient (Wildman–Crippen LogP) is 0.817. The molecule has 102 valence electrons. The summed E-state index contributed by atoms with van der Waals surface area (Å²) in [5, 5.41) is 14.2. The first kappa shape index (κ1) is 14.8. The van der Waals surface area contributed by atoms with Gasteiger partial charge in [0.2, 0.25) is 5.91 Å². The number of carbonyl (C=O) groups is 3. The topological polar surface area (TPSA) is 95.5 Å². The van der Waals surface area contributed by atoms with Gasteiger partial charge in [0.25, 0.3) is 5.24 Å². The van der Waals surface area contributed by atoms with E-state index < -0.39 is 23.0 Å². The molecule has 0 aromatic carbocycles. The van der Waals surface area contributed by atoms with E-state index in [1.807, 2.05) is 0 Å². The van der Waals surface area contributed by atoms with E-state index in [1.54, 1.807) is 27.7 Å². The van der Waals surface area contributed by atoms with Gasteiger partial charge in [0.05, 0.1) is 11.0 Å². The Labute approximate surface area is 110 Å². The lowest BCUT2D eigenvalue weighted by Gasteiger charge is -2.39. The highest BCUT2D eigenvalue weighted by Gasteiger charge is 2.45. The molecule has 0 aromatic heterocycles. The van der Waals surface area contributed by atoms with Crippen molar-refractivity contribution in [3.8, 4) is 0 Å². The quantitative estimate of drug-likeness (QED) is 0.705. The van der Waals surface area contributed by atoms with Crippen LogP contribution in [0.2, 0.25) is 0 Å². The van der Waals surface area contributed by atoms with Crippen LogP contribution in [0.25, 0.3) is 0 Å². The zero-order valence-corrected chi connectivity index (χ0v) is 11.7. The maximum atomic E-state index is 11.9. The Morgan fingerprint density at radius 3 is 2.33 bits per heavy atom. The highest BCUT2D eigenvalue weighted by molar-refractivity contribution is 8.14. The van der Waals surface area contributed by atoms with Crippen LogP contribution in [0.4, 0.5) is 4.79 Å². The van der Waals surface area contributed by atoms with Crippen LogP contribution in [-0.2, 0) is 9.59 Å². The van der Waals surface area contributed by atoms with Gasteiger partial charge >= 0.3 is 5.97 Å². The average molecular weight is 274 g/mol. The fraction of sp³-hybridized carbons (Fsp3) is 0.727. The van der Waals surface area contributed by atoms with Gasteiger partial charge in [-0.1, -0.05) is 11.8 Å². The Balaban J connectivity index is 2.74. The van der Waals surface area contributed by atoms with Gasteiger partial charge in [-0.2, -0.15) is 0 Å². The number of carboxylic acids is 1. The van der Waals surface area contributed by atoms with Crippen molar-refractivity contribution in [2.75, 3.05) is 5.75 Å². The summed E-state index contributed by atoms with van der Waals surface area (Å²) in [5.74, 6) is -0.973. The average Bonchev–Trinajstić information content (AvgIpc) is 2.63. The highest BCUT2D eigenvalue weighted by atomic mass is 32.2. The third-order valence-corrected chi connectivity index (χ3v) is 4.40. The summed E-state index contributed by atoms with van der Waals surface area (Å²) >= 11 is 1.05. The first-order chi connectivity index (χ1) is 8.08. The summed E-state index contributed by atoms with van der Waals surface area (Å²) < 4.78 is 0. The number of hydrogen-bond donors (Lipinski definition) is 3. The number of nitrogens with one attached hydrogen (secondary N) is 2. The Hall–Kier alpha value is -1.24. The lowest BCUT2D eigenvalue weighted by molar-refractivity contribution is -0.151. The van der Waals surface area contributed by atoms with E-state index in [0.717, 1.165) is 11.8 Å². The number of carbonyl (C=O) groups excluding carboxylic acids is 2. The minimum atomic E-state index is -1.11. The molecule has 1 aliphatic heterocycles. The molecule has 1 saturated heterocycles. The molecule has 1 rings (SSSR count). The predicted molar refractivity (Wildman–Crippen MR) is 68.4 cm³/mol.